The van der Waals surface area contributed by atoms with E-state index in [-0.39, 0.29) is 15.6 Å². The van der Waals surface area contributed by atoms with Crippen LogP contribution >= 0.6 is 11.6 Å². The number of rotatable bonds is 3. The SMILES string of the molecule is Nc1cccc(Cl)c1S(=O)CCC(F)(F)F. The van der Waals surface area contributed by atoms with Crippen LogP contribution in [-0.4, -0.2) is 16.1 Å². The molecule has 0 aliphatic heterocycles. The average Bonchev–Trinajstić information content (AvgIpc) is 2.13. The van der Waals surface area contributed by atoms with E-state index in [1.54, 1.807) is 6.07 Å². The first-order valence-electron chi connectivity index (χ1n) is 4.30. The maximum absolute atomic E-state index is 11.9. The van der Waals surface area contributed by atoms with Crippen LogP contribution in [-0.2, 0) is 10.8 Å². The lowest BCUT2D eigenvalue weighted by Crippen LogP contribution is -2.13. The fraction of sp³-hybridized carbons (Fsp3) is 0.333. The lowest BCUT2D eigenvalue weighted by molar-refractivity contribution is -0.129. The average molecular weight is 272 g/mol. The van der Waals surface area contributed by atoms with E-state index in [0.717, 1.165) is 0 Å². The quantitative estimate of drug-likeness (QED) is 0.859. The Hall–Kier alpha value is -0.750. The Bertz CT molecular complexity index is 388. The number of alkyl halides is 3. The van der Waals surface area contributed by atoms with Crippen molar-refractivity contribution in [2.45, 2.75) is 17.5 Å². The second kappa shape index (κ2) is 5.05. The fourth-order valence-corrected chi connectivity index (χ4v) is 2.75. The zero-order valence-corrected chi connectivity index (χ0v) is 9.62. The summed E-state index contributed by atoms with van der Waals surface area (Å²) in [7, 11) is -1.83. The van der Waals surface area contributed by atoms with E-state index in [0.29, 0.717) is 0 Å². The fourth-order valence-electron chi connectivity index (χ4n) is 1.08. The van der Waals surface area contributed by atoms with Crippen LogP contribution in [0, 0.1) is 0 Å². The van der Waals surface area contributed by atoms with Gasteiger partial charge in [-0.2, -0.15) is 13.2 Å². The molecule has 1 atom stereocenters. The molecule has 1 aromatic carbocycles. The minimum Gasteiger partial charge on any atom is -0.398 e. The van der Waals surface area contributed by atoms with E-state index >= 15 is 0 Å². The molecule has 0 saturated heterocycles. The van der Waals surface area contributed by atoms with E-state index in [9.17, 15) is 17.4 Å². The Kier molecular flexibility index (Phi) is 4.21. The summed E-state index contributed by atoms with van der Waals surface area (Å²) in [6, 6.07) is 4.44. The molecule has 0 aliphatic rings. The summed E-state index contributed by atoms with van der Waals surface area (Å²) in [5, 5.41) is 0.125. The maximum Gasteiger partial charge on any atom is 0.390 e. The van der Waals surface area contributed by atoms with Gasteiger partial charge in [-0.1, -0.05) is 17.7 Å². The molecule has 16 heavy (non-hydrogen) atoms. The van der Waals surface area contributed by atoms with Gasteiger partial charge in [-0.05, 0) is 12.1 Å². The second-order valence-corrected chi connectivity index (χ2v) is 4.99. The third kappa shape index (κ3) is 3.68. The molecule has 2 N–H and O–H groups in total. The van der Waals surface area contributed by atoms with E-state index in [2.05, 4.69) is 0 Å². The van der Waals surface area contributed by atoms with Gasteiger partial charge in [-0.15, -0.1) is 0 Å². The molecule has 0 fully saturated rings. The van der Waals surface area contributed by atoms with Crippen LogP contribution in [0.1, 0.15) is 6.42 Å². The Morgan fingerprint density at radius 2 is 2.00 bits per heavy atom. The van der Waals surface area contributed by atoms with Gasteiger partial charge in [-0.25, -0.2) is 0 Å². The molecule has 0 bridgehead atoms. The number of halogens is 4. The topological polar surface area (TPSA) is 43.1 Å². The molecular weight excluding hydrogens is 263 g/mol. The summed E-state index contributed by atoms with van der Waals surface area (Å²) in [5.74, 6) is -0.530. The van der Waals surface area contributed by atoms with Crippen LogP contribution in [0.2, 0.25) is 5.02 Å². The molecule has 1 aromatic rings. The monoisotopic (exact) mass is 271 g/mol. The van der Waals surface area contributed by atoms with Crippen molar-refractivity contribution in [2.75, 3.05) is 11.5 Å². The zero-order valence-electron chi connectivity index (χ0n) is 8.05. The van der Waals surface area contributed by atoms with Gasteiger partial charge in [0, 0.05) is 11.4 Å². The van der Waals surface area contributed by atoms with Crippen LogP contribution < -0.4 is 5.73 Å². The van der Waals surface area contributed by atoms with Gasteiger partial charge in [0.15, 0.2) is 0 Å². The van der Waals surface area contributed by atoms with E-state index in [1.165, 1.54) is 12.1 Å². The Morgan fingerprint density at radius 3 is 2.50 bits per heavy atom. The molecule has 0 heterocycles. The molecule has 0 aromatic heterocycles. The number of benzene rings is 1. The second-order valence-electron chi connectivity index (χ2n) is 3.07. The first-order chi connectivity index (χ1) is 7.31. The highest BCUT2D eigenvalue weighted by Crippen LogP contribution is 2.28. The standard InChI is InChI=1S/C9H9ClF3NOS/c10-6-2-1-3-7(14)8(6)16(15)5-4-9(11,12)13/h1-3H,4-5,14H2. The van der Waals surface area contributed by atoms with Gasteiger partial charge in [0.1, 0.15) is 0 Å². The molecule has 1 unspecified atom stereocenters. The van der Waals surface area contributed by atoms with Crippen molar-refractivity contribution in [3.63, 3.8) is 0 Å². The zero-order chi connectivity index (χ0) is 12.3. The van der Waals surface area contributed by atoms with Crippen molar-refractivity contribution >= 4 is 28.1 Å². The number of anilines is 1. The summed E-state index contributed by atoms with van der Waals surface area (Å²) < 4.78 is 47.4. The van der Waals surface area contributed by atoms with Crippen LogP contribution in [0.25, 0.3) is 0 Å². The highest BCUT2D eigenvalue weighted by atomic mass is 35.5. The third-order valence-corrected chi connectivity index (χ3v) is 3.71. The smallest absolute Gasteiger partial charge is 0.390 e. The largest absolute Gasteiger partial charge is 0.398 e. The summed E-state index contributed by atoms with van der Waals surface area (Å²) >= 11 is 5.72. The highest BCUT2D eigenvalue weighted by Gasteiger charge is 2.28. The number of nitrogens with two attached hydrogens (primary N) is 1. The van der Waals surface area contributed by atoms with Crippen molar-refractivity contribution in [3.8, 4) is 0 Å². The van der Waals surface area contributed by atoms with Crippen molar-refractivity contribution in [3.05, 3.63) is 23.2 Å². The van der Waals surface area contributed by atoms with Crippen molar-refractivity contribution in [1.29, 1.82) is 0 Å². The van der Waals surface area contributed by atoms with Gasteiger partial charge in [0.2, 0.25) is 0 Å². The lowest BCUT2D eigenvalue weighted by atomic mass is 10.3. The molecule has 0 saturated carbocycles. The van der Waals surface area contributed by atoms with Crippen LogP contribution in [0.3, 0.4) is 0 Å². The summed E-state index contributed by atoms with van der Waals surface area (Å²) in [5.41, 5.74) is 5.65. The summed E-state index contributed by atoms with van der Waals surface area (Å²) in [4.78, 5) is 0.0772. The number of hydrogen-bond acceptors (Lipinski definition) is 2. The number of hydrogen-bond donors (Lipinski definition) is 1. The van der Waals surface area contributed by atoms with E-state index in [4.69, 9.17) is 17.3 Å². The Labute approximate surface area is 98.0 Å². The summed E-state index contributed by atoms with van der Waals surface area (Å²) in [6.45, 7) is 0. The van der Waals surface area contributed by atoms with Crippen LogP contribution in [0.5, 0.6) is 0 Å². The minimum atomic E-state index is -4.33. The highest BCUT2D eigenvalue weighted by molar-refractivity contribution is 7.85. The van der Waals surface area contributed by atoms with Gasteiger partial charge in [0.25, 0.3) is 0 Å². The van der Waals surface area contributed by atoms with Crippen molar-refractivity contribution in [1.82, 2.24) is 0 Å². The molecule has 0 spiro atoms. The molecular formula is C9H9ClF3NOS. The molecule has 0 radical (unpaired) electrons. The van der Waals surface area contributed by atoms with Crippen LogP contribution in [0.15, 0.2) is 23.1 Å². The molecule has 2 nitrogen and oxygen atoms in total. The number of nitrogen functional groups attached to an aromatic ring is 1. The Balaban J connectivity index is 2.81. The van der Waals surface area contributed by atoms with Gasteiger partial charge in [-0.3, -0.25) is 4.21 Å². The van der Waals surface area contributed by atoms with E-state index < -0.39 is 29.1 Å². The first-order valence-corrected chi connectivity index (χ1v) is 6.00. The molecule has 0 aliphatic carbocycles. The first kappa shape index (κ1) is 13.3. The molecule has 90 valence electrons. The van der Waals surface area contributed by atoms with Crippen molar-refractivity contribution < 1.29 is 17.4 Å². The van der Waals surface area contributed by atoms with Gasteiger partial charge < -0.3 is 5.73 Å². The Morgan fingerprint density at radius 1 is 1.38 bits per heavy atom. The third-order valence-electron chi connectivity index (χ3n) is 1.80. The molecule has 1 rings (SSSR count). The predicted octanol–water partition coefficient (Wildman–Crippen LogP) is 2.98. The van der Waals surface area contributed by atoms with Crippen LogP contribution in [0.4, 0.5) is 18.9 Å². The molecule has 0 amide bonds. The predicted molar refractivity (Wildman–Crippen MR) is 57.8 cm³/mol. The van der Waals surface area contributed by atoms with Crippen molar-refractivity contribution in [2.24, 2.45) is 0 Å². The maximum atomic E-state index is 11.9. The minimum absolute atomic E-state index is 0.0772. The lowest BCUT2D eigenvalue weighted by Gasteiger charge is -2.09. The normalized spacial score (nSPS) is 13.8. The van der Waals surface area contributed by atoms with Gasteiger partial charge in [0.05, 0.1) is 27.1 Å². The van der Waals surface area contributed by atoms with Gasteiger partial charge >= 0.3 is 6.18 Å². The van der Waals surface area contributed by atoms with E-state index in [1.807, 2.05) is 0 Å². The molecule has 7 heteroatoms. The summed E-state index contributed by atoms with van der Waals surface area (Å²) in [6.07, 6.45) is -5.45.